The van der Waals surface area contributed by atoms with E-state index in [2.05, 4.69) is 11.9 Å². The third-order valence-corrected chi connectivity index (χ3v) is 4.75. The Balaban J connectivity index is 1.97. The zero-order valence-electron chi connectivity index (χ0n) is 12.9. The molecule has 0 saturated heterocycles. The molecule has 1 unspecified atom stereocenters. The number of carbonyl (C=O) groups is 2. The van der Waals surface area contributed by atoms with E-state index in [9.17, 15) is 9.59 Å². The number of ether oxygens (including phenoxy) is 1. The van der Waals surface area contributed by atoms with Gasteiger partial charge in [0.1, 0.15) is 0 Å². The van der Waals surface area contributed by atoms with Gasteiger partial charge in [0.25, 0.3) is 5.91 Å². The number of amides is 3. The van der Waals surface area contributed by atoms with E-state index in [0.29, 0.717) is 31.8 Å². The second-order valence-electron chi connectivity index (χ2n) is 5.42. The summed E-state index contributed by atoms with van der Waals surface area (Å²) >= 11 is 1.55. The van der Waals surface area contributed by atoms with Gasteiger partial charge in [0.15, 0.2) is 0 Å². The molecule has 6 nitrogen and oxygen atoms in total. The molecule has 1 aromatic rings. The largest absolute Gasteiger partial charge is 0.383 e. The van der Waals surface area contributed by atoms with Crippen LogP contribution in [0.3, 0.4) is 0 Å². The van der Waals surface area contributed by atoms with Crippen LogP contribution in [0.5, 0.6) is 0 Å². The van der Waals surface area contributed by atoms with Gasteiger partial charge in [-0.1, -0.05) is 6.08 Å². The lowest BCUT2D eigenvalue weighted by atomic mass is 9.98. The number of methoxy groups -OCH3 is 1. The highest BCUT2D eigenvalue weighted by Gasteiger charge is 2.43. The van der Waals surface area contributed by atoms with Crippen molar-refractivity contribution in [2.45, 2.75) is 6.04 Å². The summed E-state index contributed by atoms with van der Waals surface area (Å²) in [5, 5.41) is 6.85. The SMILES string of the molecule is C=CCN1C(=O)NC(c2ccsc2)C2=C1CN(CCOC)C2=O. The molecular formula is C16H19N3O3S. The summed E-state index contributed by atoms with van der Waals surface area (Å²) in [4.78, 5) is 28.6. The molecule has 3 amide bonds. The third-order valence-electron chi connectivity index (χ3n) is 4.05. The second kappa shape index (κ2) is 6.55. The Bertz CT molecular complexity index is 654. The second-order valence-corrected chi connectivity index (χ2v) is 6.20. The summed E-state index contributed by atoms with van der Waals surface area (Å²) in [7, 11) is 1.61. The third kappa shape index (κ3) is 2.77. The molecule has 1 aromatic heterocycles. The van der Waals surface area contributed by atoms with Crippen LogP contribution in [0, 0.1) is 0 Å². The fourth-order valence-electron chi connectivity index (χ4n) is 2.94. The quantitative estimate of drug-likeness (QED) is 0.807. The highest BCUT2D eigenvalue weighted by molar-refractivity contribution is 7.08. The molecule has 0 aromatic carbocycles. The number of nitrogens with zero attached hydrogens (tertiary/aromatic N) is 2. The molecule has 0 fully saturated rings. The van der Waals surface area contributed by atoms with Crippen LogP contribution in [0.4, 0.5) is 4.79 Å². The summed E-state index contributed by atoms with van der Waals surface area (Å²) < 4.78 is 5.08. The van der Waals surface area contributed by atoms with Gasteiger partial charge in [0, 0.05) is 20.2 Å². The van der Waals surface area contributed by atoms with Crippen molar-refractivity contribution in [1.29, 1.82) is 0 Å². The minimum Gasteiger partial charge on any atom is -0.383 e. The van der Waals surface area contributed by atoms with E-state index in [1.165, 1.54) is 0 Å². The van der Waals surface area contributed by atoms with Gasteiger partial charge in [-0.25, -0.2) is 4.79 Å². The molecule has 0 saturated carbocycles. The molecule has 122 valence electrons. The van der Waals surface area contributed by atoms with E-state index in [-0.39, 0.29) is 18.0 Å². The number of nitrogens with one attached hydrogen (secondary N) is 1. The minimum absolute atomic E-state index is 0.0395. The molecule has 23 heavy (non-hydrogen) atoms. The highest BCUT2D eigenvalue weighted by Crippen LogP contribution is 2.36. The van der Waals surface area contributed by atoms with Crippen molar-refractivity contribution in [3.05, 3.63) is 46.3 Å². The Morgan fingerprint density at radius 1 is 1.52 bits per heavy atom. The number of rotatable bonds is 6. The van der Waals surface area contributed by atoms with Crippen molar-refractivity contribution in [3.63, 3.8) is 0 Å². The molecule has 2 aliphatic heterocycles. The van der Waals surface area contributed by atoms with Crippen molar-refractivity contribution < 1.29 is 14.3 Å². The van der Waals surface area contributed by atoms with Crippen LogP contribution in [0.25, 0.3) is 0 Å². The number of hydrogen-bond acceptors (Lipinski definition) is 4. The fourth-order valence-corrected chi connectivity index (χ4v) is 3.63. The fraction of sp³-hybridized carbons (Fsp3) is 0.375. The van der Waals surface area contributed by atoms with Crippen molar-refractivity contribution in [2.24, 2.45) is 0 Å². The first kappa shape index (κ1) is 15.8. The van der Waals surface area contributed by atoms with E-state index in [4.69, 9.17) is 4.74 Å². The van der Waals surface area contributed by atoms with Gasteiger partial charge in [-0.2, -0.15) is 11.3 Å². The molecule has 1 N–H and O–H groups in total. The van der Waals surface area contributed by atoms with Crippen LogP contribution in [0.15, 0.2) is 40.8 Å². The number of urea groups is 1. The summed E-state index contributed by atoms with van der Waals surface area (Å²) in [6, 6.07) is 1.36. The van der Waals surface area contributed by atoms with Crippen LogP contribution in [0.1, 0.15) is 11.6 Å². The van der Waals surface area contributed by atoms with Crippen LogP contribution in [-0.2, 0) is 9.53 Å². The van der Waals surface area contributed by atoms with Crippen LogP contribution >= 0.6 is 11.3 Å². The Kier molecular flexibility index (Phi) is 4.49. The molecule has 7 heteroatoms. The predicted molar refractivity (Wildman–Crippen MR) is 88.0 cm³/mol. The van der Waals surface area contributed by atoms with Crippen molar-refractivity contribution >= 4 is 23.3 Å². The normalized spacial score (nSPS) is 20.8. The molecular weight excluding hydrogens is 314 g/mol. The lowest BCUT2D eigenvalue weighted by Gasteiger charge is -2.32. The molecule has 1 atom stereocenters. The number of hydrogen-bond donors (Lipinski definition) is 1. The maximum Gasteiger partial charge on any atom is 0.322 e. The Morgan fingerprint density at radius 3 is 3.00 bits per heavy atom. The molecule has 3 heterocycles. The van der Waals surface area contributed by atoms with Gasteiger partial charge < -0.3 is 15.0 Å². The summed E-state index contributed by atoms with van der Waals surface area (Å²) in [5.41, 5.74) is 2.36. The van der Waals surface area contributed by atoms with Crippen molar-refractivity contribution in [2.75, 3.05) is 33.4 Å². The smallest absolute Gasteiger partial charge is 0.322 e. The average molecular weight is 333 g/mol. The summed E-state index contributed by atoms with van der Waals surface area (Å²) in [5.74, 6) is -0.0395. The molecule has 0 radical (unpaired) electrons. The first-order valence-corrected chi connectivity index (χ1v) is 8.34. The Labute approximate surface area is 139 Å². The summed E-state index contributed by atoms with van der Waals surface area (Å²) in [6.07, 6.45) is 1.66. The van der Waals surface area contributed by atoms with Gasteiger partial charge in [-0.3, -0.25) is 9.69 Å². The summed E-state index contributed by atoms with van der Waals surface area (Å²) in [6.45, 7) is 5.49. The Morgan fingerprint density at radius 2 is 2.35 bits per heavy atom. The molecule has 0 spiro atoms. The highest BCUT2D eigenvalue weighted by atomic mass is 32.1. The topological polar surface area (TPSA) is 61.9 Å². The standard InChI is InChI=1S/C16H19N3O3S/c1-3-5-19-12-9-18(6-7-22-2)15(20)13(12)14(17-16(19)21)11-4-8-23-10-11/h3-4,8,10,14H,1,5-7,9H2,2H3,(H,17,21). The number of thiophene rings is 1. The monoisotopic (exact) mass is 333 g/mol. The Hall–Kier alpha value is -2.12. The maximum atomic E-state index is 12.8. The number of carbonyl (C=O) groups excluding carboxylic acids is 2. The van der Waals surface area contributed by atoms with Gasteiger partial charge in [0.05, 0.1) is 30.5 Å². The first-order valence-electron chi connectivity index (χ1n) is 7.39. The van der Waals surface area contributed by atoms with Gasteiger partial charge >= 0.3 is 6.03 Å². The lowest BCUT2D eigenvalue weighted by Crippen LogP contribution is -2.47. The van der Waals surface area contributed by atoms with E-state index in [1.54, 1.807) is 34.3 Å². The van der Waals surface area contributed by atoms with E-state index < -0.39 is 0 Å². The van der Waals surface area contributed by atoms with Gasteiger partial charge in [0.2, 0.25) is 0 Å². The first-order chi connectivity index (χ1) is 11.2. The van der Waals surface area contributed by atoms with Crippen molar-refractivity contribution in [1.82, 2.24) is 15.1 Å². The zero-order chi connectivity index (χ0) is 16.4. The van der Waals surface area contributed by atoms with Crippen LogP contribution < -0.4 is 5.32 Å². The van der Waals surface area contributed by atoms with E-state index in [1.807, 2.05) is 16.8 Å². The predicted octanol–water partition coefficient (Wildman–Crippen LogP) is 1.74. The minimum atomic E-state index is -0.384. The van der Waals surface area contributed by atoms with E-state index >= 15 is 0 Å². The maximum absolute atomic E-state index is 12.8. The van der Waals surface area contributed by atoms with Crippen molar-refractivity contribution in [3.8, 4) is 0 Å². The molecule has 3 rings (SSSR count). The van der Waals surface area contributed by atoms with Crippen LogP contribution in [-0.4, -0.2) is 55.1 Å². The zero-order valence-corrected chi connectivity index (χ0v) is 13.8. The van der Waals surface area contributed by atoms with Crippen LogP contribution in [0.2, 0.25) is 0 Å². The average Bonchev–Trinajstić information content (AvgIpc) is 3.17. The molecule has 0 aliphatic carbocycles. The lowest BCUT2D eigenvalue weighted by molar-refractivity contribution is -0.126. The molecule has 2 aliphatic rings. The van der Waals surface area contributed by atoms with E-state index in [0.717, 1.165) is 11.3 Å². The van der Waals surface area contributed by atoms with Gasteiger partial charge in [-0.15, -0.1) is 6.58 Å². The van der Waals surface area contributed by atoms with Gasteiger partial charge in [-0.05, 0) is 22.4 Å². The molecule has 0 bridgehead atoms.